The first-order chi connectivity index (χ1) is 37.6. The third kappa shape index (κ3) is 43.0. The number of carbonyl (C=O) groups excluding carboxylic acids is 3. The second-order valence-corrected chi connectivity index (χ2v) is 21.3. The lowest BCUT2D eigenvalue weighted by Crippen LogP contribution is -2.61. The highest BCUT2D eigenvalue weighted by atomic mass is 16.7. The summed E-state index contributed by atoms with van der Waals surface area (Å²) in [5.41, 5.74) is 0. The minimum absolute atomic E-state index is 0.0537. The predicted octanol–water partition coefficient (Wildman–Crippen LogP) is 16.3. The molecule has 0 saturated carbocycles. The Bertz CT molecular complexity index is 1570. The average molecular weight is 1090 g/mol. The zero-order valence-corrected chi connectivity index (χ0v) is 49.0. The molecule has 12 heteroatoms. The highest BCUT2D eigenvalue weighted by molar-refractivity contribution is 5.74. The average Bonchev–Trinajstić information content (AvgIpc) is 3.43. The quantitative estimate of drug-likeness (QED) is 0.0228. The molecule has 6 unspecified atom stereocenters. The van der Waals surface area contributed by atoms with Gasteiger partial charge in [-0.05, 0) is 44.9 Å². The maximum atomic E-state index is 13.1. The normalized spacial score (nSPS) is 18.4. The van der Waals surface area contributed by atoms with Gasteiger partial charge < -0.3 is 39.0 Å². The summed E-state index contributed by atoms with van der Waals surface area (Å²) in [6, 6.07) is 0. The highest BCUT2D eigenvalue weighted by Crippen LogP contribution is 2.27. The van der Waals surface area contributed by atoms with Crippen molar-refractivity contribution in [3.05, 3.63) is 60.8 Å². The van der Waals surface area contributed by atoms with Crippen molar-refractivity contribution in [2.75, 3.05) is 13.2 Å². The van der Waals surface area contributed by atoms with Gasteiger partial charge in [0.1, 0.15) is 18.8 Å². The van der Waals surface area contributed by atoms with Crippen molar-refractivity contribution in [1.82, 2.24) is 0 Å². The molecule has 0 aromatic heterocycles. The number of unbranched alkanes of at least 4 members (excludes halogenated alkanes) is 30. The van der Waals surface area contributed by atoms with Gasteiger partial charge >= 0.3 is 23.9 Å². The standard InChI is InChI=1S/C65H112O12/c1-4-7-10-13-16-19-22-25-28-29-32-33-36-39-42-45-48-51-57(66)73-54-56(75-58(67)52-49-46-43-40-37-34-30-26-23-20-17-14-11-8-5-2)55-74-65-63(61(70)60(69)62(77-65)64(71)72)76-59(68)53-50-47-44-41-38-35-31-27-24-21-18-15-12-9-6-3/h8,11,17,20,26,30,37,40,46,49,56,60-63,65,69-70H,4-7,9-10,12-16,18-19,21-25,27-29,31-36,38-39,41-45,47-48,50-55H2,1-3H3,(H,71,72)/b11-8-,20-17-,30-26-,40-37-,49-46-. The van der Waals surface area contributed by atoms with Crippen LogP contribution in [0.25, 0.3) is 0 Å². The highest BCUT2D eigenvalue weighted by Gasteiger charge is 2.50. The molecule has 444 valence electrons. The number of carboxylic acid groups (broad SMARTS) is 1. The van der Waals surface area contributed by atoms with Crippen LogP contribution in [0.15, 0.2) is 60.8 Å². The van der Waals surface area contributed by atoms with E-state index in [0.29, 0.717) is 19.3 Å². The first-order valence-electron chi connectivity index (χ1n) is 31.3. The summed E-state index contributed by atoms with van der Waals surface area (Å²) in [5.74, 6) is -3.26. The number of hydrogen-bond donors (Lipinski definition) is 3. The number of aliphatic carboxylic acids is 1. The summed E-state index contributed by atoms with van der Waals surface area (Å²) >= 11 is 0. The van der Waals surface area contributed by atoms with Gasteiger partial charge in [0.2, 0.25) is 0 Å². The summed E-state index contributed by atoms with van der Waals surface area (Å²) in [4.78, 5) is 51.1. The van der Waals surface area contributed by atoms with E-state index in [1.807, 2.05) is 12.2 Å². The number of aliphatic hydroxyl groups is 2. The fraction of sp³-hybridized carbons (Fsp3) is 0.785. The Morgan fingerprint density at radius 1 is 0.442 bits per heavy atom. The summed E-state index contributed by atoms with van der Waals surface area (Å²) in [5, 5.41) is 31.5. The number of esters is 3. The lowest BCUT2D eigenvalue weighted by Gasteiger charge is -2.40. The van der Waals surface area contributed by atoms with Crippen molar-refractivity contribution < 1.29 is 58.2 Å². The van der Waals surface area contributed by atoms with Gasteiger partial charge in [0, 0.05) is 12.8 Å². The third-order valence-electron chi connectivity index (χ3n) is 14.1. The van der Waals surface area contributed by atoms with Crippen LogP contribution in [0.5, 0.6) is 0 Å². The summed E-state index contributed by atoms with van der Waals surface area (Å²) in [6.07, 6.45) is 53.6. The Labute approximate surface area is 468 Å². The summed E-state index contributed by atoms with van der Waals surface area (Å²) in [7, 11) is 0. The summed E-state index contributed by atoms with van der Waals surface area (Å²) in [6.45, 7) is 5.83. The van der Waals surface area contributed by atoms with Crippen LogP contribution >= 0.6 is 0 Å². The molecule has 12 nitrogen and oxygen atoms in total. The van der Waals surface area contributed by atoms with Crippen LogP contribution in [0.2, 0.25) is 0 Å². The van der Waals surface area contributed by atoms with Crippen LogP contribution in [0.4, 0.5) is 0 Å². The van der Waals surface area contributed by atoms with Gasteiger partial charge in [-0.2, -0.15) is 0 Å². The van der Waals surface area contributed by atoms with Crippen molar-refractivity contribution in [3.63, 3.8) is 0 Å². The molecule has 0 aromatic rings. The number of aliphatic hydroxyl groups excluding tert-OH is 2. The van der Waals surface area contributed by atoms with Gasteiger partial charge in [0.25, 0.3) is 0 Å². The first-order valence-corrected chi connectivity index (χ1v) is 31.3. The van der Waals surface area contributed by atoms with Crippen LogP contribution in [-0.2, 0) is 42.9 Å². The van der Waals surface area contributed by atoms with Crippen molar-refractivity contribution in [2.45, 2.75) is 314 Å². The number of hydrogen-bond acceptors (Lipinski definition) is 11. The Morgan fingerprint density at radius 3 is 1.19 bits per heavy atom. The maximum absolute atomic E-state index is 13.1. The lowest BCUT2D eigenvalue weighted by molar-refractivity contribution is -0.301. The minimum atomic E-state index is -1.91. The van der Waals surface area contributed by atoms with Crippen molar-refractivity contribution in [2.24, 2.45) is 0 Å². The lowest BCUT2D eigenvalue weighted by atomic mass is 9.98. The molecular formula is C65H112O12. The van der Waals surface area contributed by atoms with Gasteiger partial charge in [-0.1, -0.05) is 274 Å². The van der Waals surface area contributed by atoms with E-state index in [-0.39, 0.29) is 25.9 Å². The topological polar surface area (TPSA) is 175 Å². The second-order valence-electron chi connectivity index (χ2n) is 21.3. The molecule has 0 bridgehead atoms. The van der Waals surface area contributed by atoms with Gasteiger partial charge in [0.05, 0.1) is 13.0 Å². The fourth-order valence-corrected chi connectivity index (χ4v) is 9.39. The monoisotopic (exact) mass is 1080 g/mol. The SMILES string of the molecule is CC/C=C\C/C=C\C/C=C\C/C=C\C/C=C\CC(=O)OC(COC(=O)CCCCCCCCCCCCCCCCCCC)COC1OC(C(=O)O)C(O)C(O)C1OC(=O)CCCCCCCCCCCCCCCCC. The predicted molar refractivity (Wildman–Crippen MR) is 312 cm³/mol. The van der Waals surface area contributed by atoms with Gasteiger partial charge in [-0.3, -0.25) is 14.4 Å². The number of allylic oxidation sites excluding steroid dienone is 9. The van der Waals surface area contributed by atoms with E-state index < -0.39 is 67.3 Å². The van der Waals surface area contributed by atoms with Crippen molar-refractivity contribution in [3.8, 4) is 0 Å². The van der Waals surface area contributed by atoms with E-state index in [1.54, 1.807) is 6.08 Å². The molecule has 0 radical (unpaired) electrons. The molecule has 1 fully saturated rings. The van der Waals surface area contributed by atoms with E-state index in [0.717, 1.165) is 70.6 Å². The zero-order valence-electron chi connectivity index (χ0n) is 49.0. The van der Waals surface area contributed by atoms with Crippen LogP contribution in [-0.4, -0.2) is 89.2 Å². The second kappa shape index (κ2) is 53.1. The Morgan fingerprint density at radius 2 is 0.805 bits per heavy atom. The Kier molecular flexibility index (Phi) is 49.2. The molecule has 1 heterocycles. The fourth-order valence-electron chi connectivity index (χ4n) is 9.39. The Balaban J connectivity index is 2.71. The molecule has 77 heavy (non-hydrogen) atoms. The molecule has 1 rings (SSSR count). The van der Waals surface area contributed by atoms with E-state index in [4.69, 9.17) is 23.7 Å². The molecule has 6 atom stereocenters. The van der Waals surface area contributed by atoms with Gasteiger partial charge in [-0.15, -0.1) is 0 Å². The number of rotatable bonds is 53. The number of carboxylic acids is 1. The molecule has 1 aliphatic rings. The third-order valence-corrected chi connectivity index (χ3v) is 14.1. The van der Waals surface area contributed by atoms with E-state index in [2.05, 4.69) is 63.3 Å². The van der Waals surface area contributed by atoms with Crippen LogP contribution in [0.1, 0.15) is 278 Å². The molecular weight excluding hydrogens is 973 g/mol. The number of carbonyl (C=O) groups is 4. The van der Waals surface area contributed by atoms with Gasteiger partial charge in [-0.25, -0.2) is 4.79 Å². The molecule has 1 saturated heterocycles. The smallest absolute Gasteiger partial charge is 0.335 e. The molecule has 0 spiro atoms. The molecule has 0 amide bonds. The minimum Gasteiger partial charge on any atom is -0.479 e. The van der Waals surface area contributed by atoms with E-state index >= 15 is 0 Å². The van der Waals surface area contributed by atoms with Crippen molar-refractivity contribution in [1.29, 1.82) is 0 Å². The largest absolute Gasteiger partial charge is 0.479 e. The van der Waals surface area contributed by atoms with E-state index in [1.165, 1.54) is 148 Å². The summed E-state index contributed by atoms with van der Waals surface area (Å²) < 4.78 is 28.4. The number of ether oxygens (including phenoxy) is 5. The maximum Gasteiger partial charge on any atom is 0.335 e. The molecule has 0 aliphatic carbocycles. The van der Waals surface area contributed by atoms with E-state index in [9.17, 15) is 34.5 Å². The van der Waals surface area contributed by atoms with Crippen molar-refractivity contribution >= 4 is 23.9 Å². The zero-order chi connectivity index (χ0) is 56.1. The Hall–Kier alpha value is -3.58. The van der Waals surface area contributed by atoms with Crippen LogP contribution in [0, 0.1) is 0 Å². The first kappa shape index (κ1) is 71.4. The molecule has 1 aliphatic heterocycles. The van der Waals surface area contributed by atoms with Crippen LogP contribution in [0.3, 0.4) is 0 Å². The van der Waals surface area contributed by atoms with Crippen LogP contribution < -0.4 is 0 Å². The van der Waals surface area contributed by atoms with Gasteiger partial charge in [0.15, 0.2) is 24.6 Å². The molecule has 3 N–H and O–H groups in total. The molecule has 0 aromatic carbocycles.